The van der Waals surface area contributed by atoms with Gasteiger partial charge in [-0.3, -0.25) is 10.1 Å². The van der Waals surface area contributed by atoms with Crippen molar-refractivity contribution in [3.63, 3.8) is 0 Å². The lowest BCUT2D eigenvalue weighted by atomic mass is 10.1. The maximum atomic E-state index is 11.5. The van der Waals surface area contributed by atoms with E-state index in [0.29, 0.717) is 17.8 Å². The molecule has 114 valence electrons. The van der Waals surface area contributed by atoms with E-state index in [9.17, 15) is 14.9 Å². The Morgan fingerprint density at radius 1 is 1.57 bits per heavy atom. The maximum Gasteiger partial charge on any atom is 0.337 e. The molecule has 1 aliphatic heterocycles. The van der Waals surface area contributed by atoms with Gasteiger partial charge in [-0.2, -0.15) is 11.8 Å². The number of hydrogen-bond acceptors (Lipinski definition) is 6. The SMILES string of the molecule is COC(=O)c1ccc([N+](=O)[O-])c(NCC2(C)CCCS2)c1. The highest BCUT2D eigenvalue weighted by atomic mass is 32.2. The van der Waals surface area contributed by atoms with E-state index in [-0.39, 0.29) is 10.4 Å². The maximum absolute atomic E-state index is 11.5. The topological polar surface area (TPSA) is 81.5 Å². The lowest BCUT2D eigenvalue weighted by molar-refractivity contribution is -0.384. The van der Waals surface area contributed by atoms with Gasteiger partial charge in [-0.15, -0.1) is 0 Å². The minimum absolute atomic E-state index is 0.0331. The van der Waals surface area contributed by atoms with Crippen molar-refractivity contribution in [2.75, 3.05) is 24.7 Å². The van der Waals surface area contributed by atoms with E-state index in [2.05, 4.69) is 17.0 Å². The number of anilines is 1. The summed E-state index contributed by atoms with van der Waals surface area (Å²) < 4.78 is 4.73. The van der Waals surface area contributed by atoms with Crippen molar-refractivity contribution < 1.29 is 14.5 Å². The summed E-state index contributed by atoms with van der Waals surface area (Å²) in [6, 6.07) is 4.22. The standard InChI is InChI=1S/C14H18N2O4S/c1-14(6-3-7-21-14)9-15-11-8-10(13(17)20-2)4-5-12(11)16(18)19/h4-5,8,15H,3,6-7,9H2,1-2H3. The van der Waals surface area contributed by atoms with Gasteiger partial charge in [0, 0.05) is 17.4 Å². The van der Waals surface area contributed by atoms with E-state index in [4.69, 9.17) is 0 Å². The van der Waals surface area contributed by atoms with Crippen LogP contribution in [0.25, 0.3) is 0 Å². The number of thioether (sulfide) groups is 1. The molecule has 1 unspecified atom stereocenters. The molecule has 1 aromatic rings. The highest BCUT2D eigenvalue weighted by Gasteiger charge is 2.30. The average molecular weight is 310 g/mol. The second-order valence-corrected chi connectivity index (χ2v) is 6.92. The van der Waals surface area contributed by atoms with Gasteiger partial charge >= 0.3 is 5.97 Å². The Hall–Kier alpha value is -1.76. The summed E-state index contributed by atoms with van der Waals surface area (Å²) in [6.07, 6.45) is 2.24. The molecule has 0 amide bonds. The van der Waals surface area contributed by atoms with Crippen LogP contribution in [0.4, 0.5) is 11.4 Å². The first-order valence-corrected chi connectivity index (χ1v) is 7.68. The Morgan fingerprint density at radius 3 is 2.90 bits per heavy atom. The number of nitro groups is 1. The van der Waals surface area contributed by atoms with Crippen LogP contribution in [0.5, 0.6) is 0 Å². The van der Waals surface area contributed by atoms with Gasteiger partial charge in [0.1, 0.15) is 5.69 Å². The summed E-state index contributed by atoms with van der Waals surface area (Å²) in [7, 11) is 1.28. The summed E-state index contributed by atoms with van der Waals surface area (Å²) in [5.74, 6) is 0.608. The molecule has 0 spiro atoms. The number of carbonyl (C=O) groups is 1. The first-order valence-electron chi connectivity index (χ1n) is 6.70. The third-order valence-corrected chi connectivity index (χ3v) is 5.11. The number of esters is 1. The summed E-state index contributed by atoms with van der Waals surface area (Å²) in [6.45, 7) is 2.77. The van der Waals surface area contributed by atoms with Crippen molar-refractivity contribution in [2.45, 2.75) is 24.5 Å². The molecule has 0 bridgehead atoms. The van der Waals surface area contributed by atoms with Crippen molar-refractivity contribution in [3.05, 3.63) is 33.9 Å². The number of benzene rings is 1. The highest BCUT2D eigenvalue weighted by molar-refractivity contribution is 8.00. The molecule has 1 heterocycles. The van der Waals surface area contributed by atoms with E-state index < -0.39 is 10.9 Å². The number of rotatable bonds is 5. The van der Waals surface area contributed by atoms with E-state index >= 15 is 0 Å². The van der Waals surface area contributed by atoms with Crippen LogP contribution >= 0.6 is 11.8 Å². The monoisotopic (exact) mass is 310 g/mol. The lowest BCUT2D eigenvalue weighted by Crippen LogP contribution is -2.27. The van der Waals surface area contributed by atoms with E-state index in [1.54, 1.807) is 0 Å². The number of nitrogens with zero attached hydrogens (tertiary/aromatic N) is 1. The Labute approximate surface area is 127 Å². The van der Waals surface area contributed by atoms with E-state index in [1.807, 2.05) is 11.8 Å². The van der Waals surface area contributed by atoms with Gasteiger partial charge in [0.2, 0.25) is 0 Å². The molecule has 2 rings (SSSR count). The van der Waals surface area contributed by atoms with Gasteiger partial charge in [0.05, 0.1) is 17.6 Å². The molecule has 0 aromatic heterocycles. The third-order valence-electron chi connectivity index (χ3n) is 3.57. The second-order valence-electron chi connectivity index (χ2n) is 5.24. The largest absolute Gasteiger partial charge is 0.465 e. The van der Waals surface area contributed by atoms with Crippen molar-refractivity contribution in [3.8, 4) is 0 Å². The van der Waals surface area contributed by atoms with Gasteiger partial charge in [-0.1, -0.05) is 0 Å². The number of carbonyl (C=O) groups excluding carboxylic acids is 1. The molecule has 6 nitrogen and oxygen atoms in total. The second kappa shape index (κ2) is 6.34. The first-order chi connectivity index (χ1) is 9.95. The van der Waals surface area contributed by atoms with Crippen LogP contribution in [0.1, 0.15) is 30.1 Å². The number of nitrogens with one attached hydrogen (secondary N) is 1. The molecule has 0 radical (unpaired) electrons. The summed E-state index contributed by atoms with van der Waals surface area (Å²) >= 11 is 1.87. The van der Waals surface area contributed by atoms with Crippen molar-refractivity contribution in [1.29, 1.82) is 0 Å². The molecule has 1 aliphatic rings. The average Bonchev–Trinajstić information content (AvgIpc) is 2.91. The number of nitro benzene ring substituents is 1. The highest BCUT2D eigenvalue weighted by Crippen LogP contribution is 2.38. The van der Waals surface area contributed by atoms with Crippen LogP contribution in [0.2, 0.25) is 0 Å². The fourth-order valence-electron chi connectivity index (χ4n) is 2.34. The summed E-state index contributed by atoms with van der Waals surface area (Å²) in [5.41, 5.74) is 0.626. The van der Waals surface area contributed by atoms with Gasteiger partial charge in [0.15, 0.2) is 0 Å². The molecular weight excluding hydrogens is 292 g/mol. The molecule has 1 saturated heterocycles. The quantitative estimate of drug-likeness (QED) is 0.511. The number of hydrogen-bond donors (Lipinski definition) is 1. The van der Waals surface area contributed by atoms with Crippen LogP contribution in [0.15, 0.2) is 18.2 Å². The van der Waals surface area contributed by atoms with Gasteiger partial charge in [-0.25, -0.2) is 4.79 Å². The minimum Gasteiger partial charge on any atom is -0.465 e. The molecule has 1 atom stereocenters. The third kappa shape index (κ3) is 3.66. The Kier molecular flexibility index (Phi) is 4.72. The summed E-state index contributed by atoms with van der Waals surface area (Å²) in [5, 5.41) is 14.2. The fourth-order valence-corrected chi connectivity index (χ4v) is 3.58. The van der Waals surface area contributed by atoms with Crippen LogP contribution in [0.3, 0.4) is 0 Å². The molecule has 7 heteroatoms. The fraction of sp³-hybridized carbons (Fsp3) is 0.500. The van der Waals surface area contributed by atoms with E-state index in [0.717, 1.165) is 18.6 Å². The minimum atomic E-state index is -0.505. The van der Waals surface area contributed by atoms with Gasteiger partial charge in [-0.05, 0) is 37.7 Å². The van der Waals surface area contributed by atoms with Gasteiger partial charge in [0.25, 0.3) is 5.69 Å². The van der Waals surface area contributed by atoms with Crippen molar-refractivity contribution in [2.24, 2.45) is 0 Å². The lowest BCUT2D eigenvalue weighted by Gasteiger charge is -2.23. The van der Waals surface area contributed by atoms with Gasteiger partial charge < -0.3 is 10.1 Å². The Morgan fingerprint density at radius 2 is 2.33 bits per heavy atom. The molecule has 21 heavy (non-hydrogen) atoms. The van der Waals surface area contributed by atoms with E-state index in [1.165, 1.54) is 25.3 Å². The van der Waals surface area contributed by atoms with Crippen LogP contribution in [-0.4, -0.2) is 35.0 Å². The van der Waals surface area contributed by atoms with Crippen LogP contribution < -0.4 is 5.32 Å². The smallest absolute Gasteiger partial charge is 0.337 e. The summed E-state index contributed by atoms with van der Waals surface area (Å²) in [4.78, 5) is 22.2. The molecule has 1 aromatic carbocycles. The van der Waals surface area contributed by atoms with Crippen LogP contribution in [0, 0.1) is 10.1 Å². The number of ether oxygens (including phenoxy) is 1. The zero-order valence-corrected chi connectivity index (χ0v) is 12.9. The Balaban J connectivity index is 2.22. The first kappa shape index (κ1) is 15.6. The normalized spacial score (nSPS) is 21.0. The van der Waals surface area contributed by atoms with Crippen LogP contribution in [-0.2, 0) is 4.74 Å². The predicted molar refractivity (Wildman–Crippen MR) is 83.0 cm³/mol. The zero-order chi connectivity index (χ0) is 15.5. The predicted octanol–water partition coefficient (Wildman–Crippen LogP) is 3.08. The molecule has 0 aliphatic carbocycles. The Bertz CT molecular complexity index is 556. The van der Waals surface area contributed by atoms with Crippen molar-refractivity contribution >= 4 is 29.1 Å². The van der Waals surface area contributed by atoms with Crippen molar-refractivity contribution in [1.82, 2.24) is 0 Å². The molecule has 1 N–H and O–H groups in total. The number of methoxy groups -OCH3 is 1. The zero-order valence-electron chi connectivity index (χ0n) is 12.0. The molecule has 1 fully saturated rings. The molecular formula is C14H18N2O4S. The molecule has 0 saturated carbocycles.